The van der Waals surface area contributed by atoms with Gasteiger partial charge in [0.1, 0.15) is 0 Å². The van der Waals surface area contributed by atoms with E-state index in [1.54, 1.807) is 0 Å². The van der Waals surface area contributed by atoms with Gasteiger partial charge in [-0.1, -0.05) is 12.0 Å². The molecule has 0 aromatic rings. The van der Waals surface area contributed by atoms with Gasteiger partial charge in [0.2, 0.25) is 0 Å². The third kappa shape index (κ3) is 2.88. The predicted molar refractivity (Wildman–Crippen MR) is 48.4 cm³/mol. The SMILES string of the molecule is CCC1(C)COCC(CN=[N+]=[N-])O1. The second kappa shape index (κ2) is 4.46. The summed E-state index contributed by atoms with van der Waals surface area (Å²) in [5.74, 6) is 0. The molecule has 1 fully saturated rings. The van der Waals surface area contributed by atoms with E-state index < -0.39 is 0 Å². The van der Waals surface area contributed by atoms with Gasteiger partial charge in [-0.15, -0.1) is 0 Å². The van der Waals surface area contributed by atoms with E-state index in [-0.39, 0.29) is 11.7 Å². The number of hydrogen-bond acceptors (Lipinski definition) is 3. The Hall–Kier alpha value is -0.770. The van der Waals surface area contributed by atoms with Gasteiger partial charge in [-0.2, -0.15) is 0 Å². The zero-order valence-electron chi connectivity index (χ0n) is 8.06. The number of ether oxygens (including phenoxy) is 2. The van der Waals surface area contributed by atoms with Crippen LogP contribution in [-0.2, 0) is 9.47 Å². The minimum absolute atomic E-state index is 0.0883. The summed E-state index contributed by atoms with van der Waals surface area (Å²) in [5, 5.41) is 3.47. The highest BCUT2D eigenvalue weighted by atomic mass is 16.6. The maximum atomic E-state index is 8.15. The number of azide groups is 1. The van der Waals surface area contributed by atoms with Crippen LogP contribution in [0.2, 0.25) is 0 Å². The molecule has 2 unspecified atom stereocenters. The van der Waals surface area contributed by atoms with Crippen LogP contribution in [0.5, 0.6) is 0 Å². The van der Waals surface area contributed by atoms with Gasteiger partial charge >= 0.3 is 0 Å². The van der Waals surface area contributed by atoms with Crippen LogP contribution in [0.4, 0.5) is 0 Å². The summed E-state index contributed by atoms with van der Waals surface area (Å²) in [6.07, 6.45) is 0.814. The summed E-state index contributed by atoms with van der Waals surface area (Å²) in [5.41, 5.74) is 7.93. The van der Waals surface area contributed by atoms with E-state index >= 15 is 0 Å². The molecule has 2 atom stereocenters. The van der Waals surface area contributed by atoms with Gasteiger partial charge in [0.25, 0.3) is 0 Å². The first-order chi connectivity index (χ1) is 6.20. The van der Waals surface area contributed by atoms with Crippen LogP contribution in [0.3, 0.4) is 0 Å². The lowest BCUT2D eigenvalue weighted by atomic mass is 10.0. The molecular weight excluding hydrogens is 170 g/mol. The van der Waals surface area contributed by atoms with Gasteiger partial charge in [0, 0.05) is 4.91 Å². The van der Waals surface area contributed by atoms with Crippen molar-refractivity contribution >= 4 is 0 Å². The Balaban J connectivity index is 2.46. The van der Waals surface area contributed by atoms with E-state index in [0.717, 1.165) is 6.42 Å². The maximum absolute atomic E-state index is 8.15. The van der Waals surface area contributed by atoms with Crippen LogP contribution in [0.25, 0.3) is 10.4 Å². The molecule has 0 amide bonds. The van der Waals surface area contributed by atoms with Crippen molar-refractivity contribution in [3.8, 4) is 0 Å². The topological polar surface area (TPSA) is 67.2 Å². The Kier molecular flexibility index (Phi) is 3.54. The highest BCUT2D eigenvalue weighted by Gasteiger charge is 2.31. The number of hydrogen-bond donors (Lipinski definition) is 0. The van der Waals surface area contributed by atoms with Crippen molar-refractivity contribution in [3.63, 3.8) is 0 Å². The first kappa shape index (κ1) is 10.3. The van der Waals surface area contributed by atoms with E-state index in [1.807, 2.05) is 6.92 Å². The predicted octanol–water partition coefficient (Wildman–Crippen LogP) is 1.88. The van der Waals surface area contributed by atoms with Gasteiger partial charge in [-0.25, -0.2) is 0 Å². The average molecular weight is 185 g/mol. The van der Waals surface area contributed by atoms with Gasteiger partial charge in [-0.3, -0.25) is 0 Å². The van der Waals surface area contributed by atoms with Gasteiger partial charge in [-0.05, 0) is 18.9 Å². The molecule has 5 heteroatoms. The van der Waals surface area contributed by atoms with Gasteiger partial charge < -0.3 is 9.47 Å². The summed E-state index contributed by atoms with van der Waals surface area (Å²) < 4.78 is 11.1. The van der Waals surface area contributed by atoms with Crippen molar-refractivity contribution in [1.82, 2.24) is 0 Å². The lowest BCUT2D eigenvalue weighted by Crippen LogP contribution is -2.46. The average Bonchev–Trinajstić information content (AvgIpc) is 2.15. The lowest BCUT2D eigenvalue weighted by Gasteiger charge is -2.37. The lowest BCUT2D eigenvalue weighted by molar-refractivity contribution is -0.187. The molecule has 0 aromatic heterocycles. The van der Waals surface area contributed by atoms with Gasteiger partial charge in [0.05, 0.1) is 31.5 Å². The highest BCUT2D eigenvalue weighted by molar-refractivity contribution is 4.80. The van der Waals surface area contributed by atoms with Gasteiger partial charge in [0.15, 0.2) is 0 Å². The van der Waals surface area contributed by atoms with Crippen molar-refractivity contribution in [2.45, 2.75) is 32.0 Å². The molecular formula is C8H15N3O2. The molecule has 1 heterocycles. The van der Waals surface area contributed by atoms with Crippen molar-refractivity contribution in [2.75, 3.05) is 19.8 Å². The molecule has 13 heavy (non-hydrogen) atoms. The molecule has 1 aliphatic heterocycles. The largest absolute Gasteiger partial charge is 0.376 e. The normalized spacial score (nSPS) is 33.8. The third-order valence-electron chi connectivity index (χ3n) is 2.26. The first-order valence-corrected chi connectivity index (χ1v) is 4.46. The van der Waals surface area contributed by atoms with Crippen LogP contribution < -0.4 is 0 Å². The standard InChI is InChI=1S/C8H15N3O2/c1-3-8(2)6-12-5-7(13-8)4-10-11-9/h7H,3-6H2,1-2H3. The summed E-state index contributed by atoms with van der Waals surface area (Å²) in [6, 6.07) is 0. The molecule has 1 aliphatic rings. The Morgan fingerprint density at radius 2 is 2.46 bits per heavy atom. The van der Waals surface area contributed by atoms with E-state index in [0.29, 0.717) is 19.8 Å². The Morgan fingerprint density at radius 3 is 3.08 bits per heavy atom. The van der Waals surface area contributed by atoms with Crippen LogP contribution in [0.15, 0.2) is 5.11 Å². The van der Waals surface area contributed by atoms with Crippen LogP contribution in [0.1, 0.15) is 20.3 Å². The molecule has 0 spiro atoms. The zero-order valence-corrected chi connectivity index (χ0v) is 8.06. The maximum Gasteiger partial charge on any atom is 0.0889 e. The molecule has 0 aromatic carbocycles. The number of nitrogens with zero attached hydrogens (tertiary/aromatic N) is 3. The molecule has 0 saturated carbocycles. The molecule has 74 valence electrons. The molecule has 1 rings (SSSR count). The monoisotopic (exact) mass is 185 g/mol. The second-order valence-electron chi connectivity index (χ2n) is 3.47. The van der Waals surface area contributed by atoms with E-state index in [9.17, 15) is 0 Å². The van der Waals surface area contributed by atoms with Crippen molar-refractivity contribution in [2.24, 2.45) is 5.11 Å². The van der Waals surface area contributed by atoms with Crippen LogP contribution >= 0.6 is 0 Å². The third-order valence-corrected chi connectivity index (χ3v) is 2.26. The molecule has 0 N–H and O–H groups in total. The summed E-state index contributed by atoms with van der Waals surface area (Å²) >= 11 is 0. The summed E-state index contributed by atoms with van der Waals surface area (Å²) in [4.78, 5) is 2.69. The zero-order chi connectivity index (χ0) is 9.73. The minimum Gasteiger partial charge on any atom is -0.376 e. The smallest absolute Gasteiger partial charge is 0.0889 e. The molecule has 5 nitrogen and oxygen atoms in total. The summed E-state index contributed by atoms with van der Waals surface area (Å²) in [6.45, 7) is 5.56. The Labute approximate surface area is 77.6 Å². The Morgan fingerprint density at radius 1 is 1.69 bits per heavy atom. The minimum atomic E-state index is -0.214. The van der Waals surface area contributed by atoms with E-state index in [4.69, 9.17) is 15.0 Å². The highest BCUT2D eigenvalue weighted by Crippen LogP contribution is 2.22. The second-order valence-corrected chi connectivity index (χ2v) is 3.47. The summed E-state index contributed by atoms with van der Waals surface area (Å²) in [7, 11) is 0. The molecule has 0 bridgehead atoms. The van der Waals surface area contributed by atoms with E-state index in [1.165, 1.54) is 0 Å². The molecule has 1 saturated heterocycles. The van der Waals surface area contributed by atoms with Crippen molar-refractivity contribution < 1.29 is 9.47 Å². The van der Waals surface area contributed by atoms with Crippen molar-refractivity contribution in [3.05, 3.63) is 10.4 Å². The van der Waals surface area contributed by atoms with Crippen LogP contribution in [-0.4, -0.2) is 31.5 Å². The fourth-order valence-corrected chi connectivity index (χ4v) is 1.28. The fourth-order valence-electron chi connectivity index (χ4n) is 1.28. The number of rotatable bonds is 3. The van der Waals surface area contributed by atoms with E-state index in [2.05, 4.69) is 16.9 Å². The van der Waals surface area contributed by atoms with Crippen LogP contribution in [0, 0.1) is 0 Å². The molecule has 0 aliphatic carbocycles. The van der Waals surface area contributed by atoms with Crippen molar-refractivity contribution in [1.29, 1.82) is 0 Å². The Bertz CT molecular complexity index is 215. The molecule has 0 radical (unpaired) electrons. The first-order valence-electron chi connectivity index (χ1n) is 4.46. The quantitative estimate of drug-likeness (QED) is 0.382. The fraction of sp³-hybridized carbons (Fsp3) is 1.00.